The second-order valence-electron chi connectivity index (χ2n) is 5.30. The molecule has 4 heteroatoms. The maximum absolute atomic E-state index is 13.6. The van der Waals surface area contributed by atoms with Crippen molar-refractivity contribution in [1.82, 2.24) is 4.90 Å². The number of halogens is 1. The lowest BCUT2D eigenvalue weighted by Gasteiger charge is -2.18. The SMILES string of the molecule is O=C(c1c(O)cccc1F)N1CC2CCCC2C1. The minimum absolute atomic E-state index is 0.183. The molecule has 1 aromatic carbocycles. The van der Waals surface area contributed by atoms with Gasteiger partial charge >= 0.3 is 0 Å². The Morgan fingerprint density at radius 2 is 1.94 bits per heavy atom. The lowest BCUT2D eigenvalue weighted by Crippen LogP contribution is -2.30. The van der Waals surface area contributed by atoms with Gasteiger partial charge in [0.05, 0.1) is 0 Å². The van der Waals surface area contributed by atoms with E-state index in [2.05, 4.69) is 0 Å². The molecule has 2 aliphatic rings. The Bertz CT molecular complexity index is 456. The maximum atomic E-state index is 13.6. The van der Waals surface area contributed by atoms with Gasteiger partial charge in [-0.15, -0.1) is 0 Å². The Morgan fingerprint density at radius 3 is 2.56 bits per heavy atom. The predicted molar refractivity (Wildman–Crippen MR) is 64.8 cm³/mol. The first kappa shape index (κ1) is 11.5. The molecule has 3 nitrogen and oxygen atoms in total. The molecule has 1 heterocycles. The lowest BCUT2D eigenvalue weighted by atomic mass is 10.0. The highest BCUT2D eigenvalue weighted by atomic mass is 19.1. The van der Waals surface area contributed by atoms with Crippen molar-refractivity contribution in [2.24, 2.45) is 11.8 Å². The monoisotopic (exact) mass is 249 g/mol. The molecule has 0 radical (unpaired) electrons. The van der Waals surface area contributed by atoms with E-state index in [0.29, 0.717) is 24.9 Å². The van der Waals surface area contributed by atoms with E-state index >= 15 is 0 Å². The molecule has 1 aliphatic heterocycles. The molecular formula is C14H16FNO2. The second kappa shape index (κ2) is 4.26. The van der Waals surface area contributed by atoms with E-state index in [1.54, 1.807) is 4.90 Å². The fraction of sp³-hybridized carbons (Fsp3) is 0.500. The number of benzene rings is 1. The van der Waals surface area contributed by atoms with Gasteiger partial charge in [-0.05, 0) is 36.8 Å². The molecule has 96 valence electrons. The normalized spacial score (nSPS) is 26.4. The number of amides is 1. The minimum Gasteiger partial charge on any atom is -0.507 e. The molecule has 1 amide bonds. The molecule has 2 atom stereocenters. The molecule has 1 saturated heterocycles. The van der Waals surface area contributed by atoms with Crippen LogP contribution in [0.25, 0.3) is 0 Å². The Balaban J connectivity index is 1.83. The molecule has 0 aromatic heterocycles. The fourth-order valence-corrected chi connectivity index (χ4v) is 3.28. The van der Waals surface area contributed by atoms with Gasteiger partial charge in [-0.1, -0.05) is 12.5 Å². The van der Waals surface area contributed by atoms with Crippen LogP contribution in [0.4, 0.5) is 4.39 Å². The number of carbonyl (C=O) groups excluding carboxylic acids is 1. The summed E-state index contributed by atoms with van der Waals surface area (Å²) in [6, 6.07) is 3.97. The number of phenolic OH excluding ortho intramolecular Hbond substituents is 1. The van der Waals surface area contributed by atoms with Crippen molar-refractivity contribution >= 4 is 5.91 Å². The summed E-state index contributed by atoms with van der Waals surface area (Å²) in [5.74, 6) is -0.139. The Morgan fingerprint density at radius 1 is 1.28 bits per heavy atom. The van der Waals surface area contributed by atoms with Crippen LogP contribution in [0.1, 0.15) is 29.6 Å². The van der Waals surface area contributed by atoms with E-state index in [4.69, 9.17) is 0 Å². The smallest absolute Gasteiger partial charge is 0.260 e. The Hall–Kier alpha value is -1.58. The van der Waals surface area contributed by atoms with E-state index in [9.17, 15) is 14.3 Å². The van der Waals surface area contributed by atoms with Crippen LogP contribution in [0.15, 0.2) is 18.2 Å². The molecule has 0 spiro atoms. The minimum atomic E-state index is -0.642. The van der Waals surface area contributed by atoms with Crippen LogP contribution in [0.2, 0.25) is 0 Å². The molecule has 2 unspecified atom stereocenters. The van der Waals surface area contributed by atoms with Gasteiger partial charge in [0.15, 0.2) is 0 Å². The van der Waals surface area contributed by atoms with Gasteiger partial charge in [0.2, 0.25) is 0 Å². The highest BCUT2D eigenvalue weighted by Crippen LogP contribution is 2.38. The largest absolute Gasteiger partial charge is 0.507 e. The molecule has 18 heavy (non-hydrogen) atoms. The van der Waals surface area contributed by atoms with Gasteiger partial charge in [0.25, 0.3) is 5.91 Å². The number of likely N-dealkylation sites (tertiary alicyclic amines) is 1. The van der Waals surface area contributed by atoms with E-state index in [-0.39, 0.29) is 17.2 Å². The number of phenols is 1. The third-order valence-corrected chi connectivity index (χ3v) is 4.22. The molecule has 3 rings (SSSR count). The van der Waals surface area contributed by atoms with Crippen LogP contribution in [-0.4, -0.2) is 29.0 Å². The van der Waals surface area contributed by atoms with E-state index < -0.39 is 5.82 Å². The van der Waals surface area contributed by atoms with Crippen LogP contribution in [0.3, 0.4) is 0 Å². The summed E-state index contributed by atoms with van der Waals surface area (Å²) in [5.41, 5.74) is -0.183. The average molecular weight is 249 g/mol. The van der Waals surface area contributed by atoms with Crippen LogP contribution >= 0.6 is 0 Å². The lowest BCUT2D eigenvalue weighted by molar-refractivity contribution is 0.0772. The Kier molecular flexibility index (Phi) is 2.73. The van der Waals surface area contributed by atoms with E-state index in [1.165, 1.54) is 24.6 Å². The van der Waals surface area contributed by atoms with E-state index in [0.717, 1.165) is 12.8 Å². The quantitative estimate of drug-likeness (QED) is 0.830. The van der Waals surface area contributed by atoms with Crippen LogP contribution in [0.5, 0.6) is 5.75 Å². The van der Waals surface area contributed by atoms with Gasteiger partial charge in [0, 0.05) is 13.1 Å². The van der Waals surface area contributed by atoms with Gasteiger partial charge in [-0.25, -0.2) is 4.39 Å². The topological polar surface area (TPSA) is 40.5 Å². The zero-order chi connectivity index (χ0) is 12.7. The van der Waals surface area contributed by atoms with Crippen LogP contribution in [-0.2, 0) is 0 Å². The van der Waals surface area contributed by atoms with E-state index in [1.807, 2.05) is 0 Å². The molecular weight excluding hydrogens is 233 g/mol. The van der Waals surface area contributed by atoms with Crippen LogP contribution < -0.4 is 0 Å². The van der Waals surface area contributed by atoms with Crippen molar-refractivity contribution in [2.75, 3.05) is 13.1 Å². The number of aromatic hydroxyl groups is 1. The molecule has 1 N–H and O–H groups in total. The average Bonchev–Trinajstić information content (AvgIpc) is 2.88. The number of hydrogen-bond donors (Lipinski definition) is 1. The second-order valence-corrected chi connectivity index (χ2v) is 5.30. The Labute approximate surface area is 105 Å². The van der Waals surface area contributed by atoms with Gasteiger partial charge in [0.1, 0.15) is 17.1 Å². The molecule has 1 saturated carbocycles. The number of rotatable bonds is 1. The summed E-state index contributed by atoms with van der Waals surface area (Å²) >= 11 is 0. The summed E-state index contributed by atoms with van der Waals surface area (Å²) in [7, 11) is 0. The maximum Gasteiger partial charge on any atom is 0.260 e. The standard InChI is InChI=1S/C14H16FNO2/c15-11-5-2-6-12(17)13(11)14(18)16-7-9-3-1-4-10(9)8-16/h2,5-6,9-10,17H,1,3-4,7-8H2. The molecule has 1 aliphatic carbocycles. The molecule has 0 bridgehead atoms. The van der Waals surface area contributed by atoms with Crippen molar-refractivity contribution < 1.29 is 14.3 Å². The zero-order valence-electron chi connectivity index (χ0n) is 10.1. The first-order valence-electron chi connectivity index (χ1n) is 6.43. The summed E-state index contributed by atoms with van der Waals surface area (Å²) in [6.45, 7) is 1.41. The number of carbonyl (C=O) groups is 1. The third kappa shape index (κ3) is 1.76. The zero-order valence-corrected chi connectivity index (χ0v) is 10.1. The molecule has 2 fully saturated rings. The summed E-state index contributed by atoms with van der Waals surface area (Å²) in [4.78, 5) is 13.9. The van der Waals surface area contributed by atoms with Crippen LogP contribution in [0, 0.1) is 17.7 Å². The summed E-state index contributed by atoms with van der Waals surface area (Å²) < 4.78 is 13.6. The van der Waals surface area contributed by atoms with Gasteiger partial charge in [-0.2, -0.15) is 0 Å². The first-order valence-corrected chi connectivity index (χ1v) is 6.43. The highest BCUT2D eigenvalue weighted by molar-refractivity contribution is 5.97. The fourth-order valence-electron chi connectivity index (χ4n) is 3.28. The summed E-state index contributed by atoms with van der Waals surface area (Å²) in [6.07, 6.45) is 3.57. The van der Waals surface area contributed by atoms with Crippen molar-refractivity contribution in [3.63, 3.8) is 0 Å². The summed E-state index contributed by atoms with van der Waals surface area (Å²) in [5, 5.41) is 9.64. The van der Waals surface area contributed by atoms with Crippen molar-refractivity contribution in [1.29, 1.82) is 0 Å². The highest BCUT2D eigenvalue weighted by Gasteiger charge is 2.39. The number of hydrogen-bond acceptors (Lipinski definition) is 2. The van der Waals surface area contributed by atoms with Gasteiger partial charge in [-0.3, -0.25) is 4.79 Å². The number of fused-ring (bicyclic) bond motifs is 1. The molecule has 1 aromatic rings. The number of nitrogens with zero attached hydrogens (tertiary/aromatic N) is 1. The van der Waals surface area contributed by atoms with Gasteiger partial charge < -0.3 is 10.0 Å². The van der Waals surface area contributed by atoms with Crippen molar-refractivity contribution in [3.8, 4) is 5.75 Å². The third-order valence-electron chi connectivity index (χ3n) is 4.22. The first-order chi connectivity index (χ1) is 8.66. The van der Waals surface area contributed by atoms with Crippen molar-refractivity contribution in [2.45, 2.75) is 19.3 Å². The predicted octanol–water partition coefficient (Wildman–Crippen LogP) is 2.40. The van der Waals surface area contributed by atoms with Crippen molar-refractivity contribution in [3.05, 3.63) is 29.6 Å².